The summed E-state index contributed by atoms with van der Waals surface area (Å²) in [5.41, 5.74) is -0.0139. The molecule has 0 aromatic heterocycles. The maximum absolute atomic E-state index is 9.95. The van der Waals surface area contributed by atoms with Crippen molar-refractivity contribution in [3.05, 3.63) is 0 Å². The van der Waals surface area contributed by atoms with Crippen molar-refractivity contribution in [2.24, 2.45) is 5.41 Å². The molecule has 0 aliphatic rings. The quantitative estimate of drug-likeness (QED) is 0.400. The molecule has 0 fully saturated rings. The SMILES string of the molecule is CC(C)(C)C[O].[SiH4]. The monoisotopic (exact) mass is 119 g/mol. The molecule has 0 unspecified atom stereocenters. The van der Waals surface area contributed by atoms with Gasteiger partial charge in [0, 0.05) is 0 Å². The minimum Gasteiger partial charge on any atom is -0.236 e. The number of rotatable bonds is 0. The van der Waals surface area contributed by atoms with Gasteiger partial charge < -0.3 is 0 Å². The number of hydrogen-bond acceptors (Lipinski definition) is 0. The van der Waals surface area contributed by atoms with Gasteiger partial charge in [-0.05, 0) is 16.4 Å². The minimum atomic E-state index is -0.0139. The van der Waals surface area contributed by atoms with Crippen molar-refractivity contribution >= 4 is 11.0 Å². The van der Waals surface area contributed by atoms with E-state index in [1.54, 1.807) is 0 Å². The molecule has 1 radical (unpaired) electrons. The fraction of sp³-hybridized carbons (Fsp3) is 1.00. The minimum absolute atomic E-state index is 0. The van der Waals surface area contributed by atoms with Crippen LogP contribution in [0.25, 0.3) is 0 Å². The summed E-state index contributed by atoms with van der Waals surface area (Å²) in [5.74, 6) is 0. The van der Waals surface area contributed by atoms with Gasteiger partial charge in [0.15, 0.2) is 0 Å². The van der Waals surface area contributed by atoms with Gasteiger partial charge in [-0.3, -0.25) is 0 Å². The molecule has 45 valence electrons. The predicted molar refractivity (Wildman–Crippen MR) is 36.3 cm³/mol. The van der Waals surface area contributed by atoms with E-state index in [4.69, 9.17) is 0 Å². The molecule has 0 rings (SSSR count). The molecule has 0 aliphatic heterocycles. The first-order chi connectivity index (χ1) is 2.56. The average molecular weight is 119 g/mol. The van der Waals surface area contributed by atoms with Gasteiger partial charge in [0.25, 0.3) is 0 Å². The maximum Gasteiger partial charge on any atom is 0.0870 e. The highest BCUT2D eigenvalue weighted by atomic mass is 28.1. The third-order valence-corrected chi connectivity index (χ3v) is 0.433. The maximum atomic E-state index is 9.95. The van der Waals surface area contributed by atoms with Crippen molar-refractivity contribution in [2.45, 2.75) is 20.8 Å². The molecule has 0 saturated heterocycles. The van der Waals surface area contributed by atoms with Crippen molar-refractivity contribution in [1.29, 1.82) is 0 Å². The molecule has 1 nitrogen and oxygen atoms in total. The fourth-order valence-corrected chi connectivity index (χ4v) is 0. The fourth-order valence-electron chi connectivity index (χ4n) is 0. The lowest BCUT2D eigenvalue weighted by Gasteiger charge is -2.09. The molecule has 0 aliphatic carbocycles. The van der Waals surface area contributed by atoms with Crippen LogP contribution in [0.15, 0.2) is 0 Å². The highest BCUT2D eigenvalue weighted by molar-refractivity contribution is 5.75. The van der Waals surface area contributed by atoms with Crippen LogP contribution in [0.3, 0.4) is 0 Å². The Kier molecular flexibility index (Phi) is 4.69. The van der Waals surface area contributed by atoms with E-state index >= 15 is 0 Å². The first-order valence-corrected chi connectivity index (χ1v) is 2.14. The molecule has 0 N–H and O–H groups in total. The van der Waals surface area contributed by atoms with Gasteiger partial charge in [0.2, 0.25) is 0 Å². The van der Waals surface area contributed by atoms with Crippen LogP contribution >= 0.6 is 0 Å². The lowest BCUT2D eigenvalue weighted by molar-refractivity contribution is 0.105. The zero-order chi connectivity index (χ0) is 5.21. The van der Waals surface area contributed by atoms with Crippen molar-refractivity contribution < 1.29 is 5.11 Å². The largest absolute Gasteiger partial charge is 0.236 e. The van der Waals surface area contributed by atoms with Gasteiger partial charge in [0.05, 0.1) is 6.61 Å². The summed E-state index contributed by atoms with van der Waals surface area (Å²) in [6.45, 7) is 5.81. The Morgan fingerprint density at radius 1 is 1.29 bits per heavy atom. The Hall–Kier alpha value is 0.177. The van der Waals surface area contributed by atoms with Gasteiger partial charge >= 0.3 is 0 Å². The van der Waals surface area contributed by atoms with E-state index in [0.29, 0.717) is 0 Å². The molecule has 0 spiro atoms. The lowest BCUT2D eigenvalue weighted by atomic mass is 9.99. The molecule has 0 heterocycles. The molecule has 0 aromatic rings. The van der Waals surface area contributed by atoms with Crippen molar-refractivity contribution in [3.63, 3.8) is 0 Å². The van der Waals surface area contributed by atoms with Crippen LogP contribution in [0, 0.1) is 5.41 Å². The van der Waals surface area contributed by atoms with E-state index < -0.39 is 0 Å². The van der Waals surface area contributed by atoms with E-state index in [2.05, 4.69) is 0 Å². The summed E-state index contributed by atoms with van der Waals surface area (Å²) in [6, 6.07) is 0. The first-order valence-electron chi connectivity index (χ1n) is 2.14. The van der Waals surface area contributed by atoms with Crippen LogP contribution in [-0.2, 0) is 5.11 Å². The molecule has 7 heavy (non-hydrogen) atoms. The highest BCUT2D eigenvalue weighted by Gasteiger charge is 2.06. The van der Waals surface area contributed by atoms with E-state index in [0.717, 1.165) is 0 Å². The van der Waals surface area contributed by atoms with E-state index in [-0.39, 0.29) is 23.0 Å². The van der Waals surface area contributed by atoms with Crippen LogP contribution in [0.5, 0.6) is 0 Å². The van der Waals surface area contributed by atoms with Gasteiger partial charge in [-0.15, -0.1) is 0 Å². The second-order valence-corrected chi connectivity index (χ2v) is 2.70. The predicted octanol–water partition coefficient (Wildman–Crippen LogP) is 0.0114. The molecule has 0 saturated carbocycles. The zero-order valence-electron chi connectivity index (χ0n) is 4.62. The molecule has 0 bridgehead atoms. The zero-order valence-corrected chi connectivity index (χ0v) is 4.62. The topological polar surface area (TPSA) is 19.9 Å². The summed E-state index contributed by atoms with van der Waals surface area (Å²) < 4.78 is 0. The Morgan fingerprint density at radius 3 is 1.43 bits per heavy atom. The first kappa shape index (κ1) is 10.2. The molecular weight excluding hydrogens is 104 g/mol. The van der Waals surface area contributed by atoms with Crippen LogP contribution in [0.2, 0.25) is 0 Å². The van der Waals surface area contributed by atoms with Crippen LogP contribution in [0.4, 0.5) is 0 Å². The second-order valence-electron chi connectivity index (χ2n) is 2.70. The number of hydrogen-bond donors (Lipinski definition) is 0. The van der Waals surface area contributed by atoms with Crippen molar-refractivity contribution in [2.75, 3.05) is 6.61 Å². The van der Waals surface area contributed by atoms with E-state index in [9.17, 15) is 5.11 Å². The molecule has 2 heteroatoms. The van der Waals surface area contributed by atoms with Gasteiger partial charge in [-0.2, -0.15) is 0 Å². The second kappa shape index (κ2) is 3.21. The highest BCUT2D eigenvalue weighted by Crippen LogP contribution is 2.09. The van der Waals surface area contributed by atoms with Gasteiger partial charge in [-0.25, -0.2) is 5.11 Å². The summed E-state index contributed by atoms with van der Waals surface area (Å²) in [4.78, 5) is 0. The van der Waals surface area contributed by atoms with Crippen LogP contribution in [0.1, 0.15) is 20.8 Å². The molecular formula is C5H15OSi. The van der Waals surface area contributed by atoms with Crippen LogP contribution in [-0.4, -0.2) is 17.6 Å². The third kappa shape index (κ3) is 10.7. The normalized spacial score (nSPS) is 10.3. The Labute approximate surface area is 49.8 Å². The molecule has 0 amide bonds. The molecule has 0 aromatic carbocycles. The van der Waals surface area contributed by atoms with Gasteiger partial charge in [-0.1, -0.05) is 20.8 Å². The Bertz CT molecular complexity index is 37.8. The third-order valence-electron chi connectivity index (χ3n) is 0.433. The lowest BCUT2D eigenvalue weighted by Crippen LogP contribution is -2.08. The summed E-state index contributed by atoms with van der Waals surface area (Å²) in [6.07, 6.45) is 0. The smallest absolute Gasteiger partial charge is 0.0870 e. The Morgan fingerprint density at radius 2 is 1.43 bits per heavy atom. The standard InChI is InChI=1S/C5H11O.H4Si/c1-5(2,3)4-6;/h4H2,1-3H3;1H4. The summed E-state index contributed by atoms with van der Waals surface area (Å²) in [5, 5.41) is 9.95. The molecule has 0 atom stereocenters. The van der Waals surface area contributed by atoms with Crippen molar-refractivity contribution in [3.8, 4) is 0 Å². The van der Waals surface area contributed by atoms with E-state index in [1.807, 2.05) is 20.8 Å². The van der Waals surface area contributed by atoms with Gasteiger partial charge in [0.1, 0.15) is 0 Å². The van der Waals surface area contributed by atoms with Crippen molar-refractivity contribution in [1.82, 2.24) is 0 Å². The summed E-state index contributed by atoms with van der Waals surface area (Å²) in [7, 11) is 0. The average Bonchev–Trinajstić information content (AvgIpc) is 1.35. The summed E-state index contributed by atoms with van der Waals surface area (Å²) >= 11 is 0. The van der Waals surface area contributed by atoms with Crippen LogP contribution < -0.4 is 0 Å². The Balaban J connectivity index is 0. The van der Waals surface area contributed by atoms with E-state index in [1.165, 1.54) is 0 Å².